The number of anilines is 1. The Kier molecular flexibility index (Phi) is 6.69. The number of aromatic nitrogens is 2. The first-order valence-corrected chi connectivity index (χ1v) is 9.78. The minimum absolute atomic E-state index is 0.0679. The number of carbonyl (C=O) groups excluding carboxylic acids is 2. The van der Waals surface area contributed by atoms with Crippen molar-refractivity contribution in [2.75, 3.05) is 18.0 Å². The number of Topliss-reactive ketones (excluding diaryl/α,β-unsaturated/α-hetero) is 1. The summed E-state index contributed by atoms with van der Waals surface area (Å²) in [6, 6.07) is 9.69. The third kappa shape index (κ3) is 5.77. The van der Waals surface area contributed by atoms with Crippen LogP contribution < -0.4 is 10.2 Å². The fraction of sp³-hybridized carbons (Fsp3) is 0.429. The highest BCUT2D eigenvalue weighted by Crippen LogP contribution is 2.30. The van der Waals surface area contributed by atoms with E-state index in [-0.39, 0.29) is 42.2 Å². The smallest absolute Gasteiger partial charge is 0.356 e. The van der Waals surface area contributed by atoms with Gasteiger partial charge in [-0.3, -0.25) is 9.59 Å². The van der Waals surface area contributed by atoms with Crippen LogP contribution >= 0.6 is 0 Å². The SMILES string of the molecule is Cc1nc(N2CCC(NC(=O)CCC(=O)c3ccccc3)CC2)cc(C(F)(F)F)n1. The molecule has 0 spiro atoms. The Labute approximate surface area is 172 Å². The molecule has 6 nitrogen and oxygen atoms in total. The molecule has 0 radical (unpaired) electrons. The molecule has 0 aliphatic carbocycles. The summed E-state index contributed by atoms with van der Waals surface area (Å²) < 4.78 is 38.9. The molecule has 3 rings (SSSR count). The second-order valence-corrected chi connectivity index (χ2v) is 7.27. The van der Waals surface area contributed by atoms with Crippen LogP contribution in [0.25, 0.3) is 0 Å². The third-order valence-electron chi connectivity index (χ3n) is 4.97. The molecule has 9 heteroatoms. The Hall–Kier alpha value is -2.97. The zero-order chi connectivity index (χ0) is 21.7. The number of piperidine rings is 1. The zero-order valence-corrected chi connectivity index (χ0v) is 16.6. The van der Waals surface area contributed by atoms with Crippen molar-refractivity contribution in [1.82, 2.24) is 15.3 Å². The number of hydrogen-bond donors (Lipinski definition) is 1. The van der Waals surface area contributed by atoms with Gasteiger partial charge >= 0.3 is 6.18 Å². The number of hydrogen-bond acceptors (Lipinski definition) is 5. The highest BCUT2D eigenvalue weighted by molar-refractivity contribution is 5.97. The van der Waals surface area contributed by atoms with Crippen molar-refractivity contribution in [2.24, 2.45) is 0 Å². The zero-order valence-electron chi connectivity index (χ0n) is 16.6. The van der Waals surface area contributed by atoms with Gasteiger partial charge in [0.1, 0.15) is 17.3 Å². The lowest BCUT2D eigenvalue weighted by Crippen LogP contribution is -2.45. The predicted octanol–water partition coefficient (Wildman–Crippen LogP) is 3.55. The third-order valence-corrected chi connectivity index (χ3v) is 4.97. The van der Waals surface area contributed by atoms with Crippen molar-refractivity contribution >= 4 is 17.5 Å². The number of benzene rings is 1. The number of rotatable bonds is 6. The molecule has 1 N–H and O–H groups in total. The first-order valence-electron chi connectivity index (χ1n) is 9.78. The molecule has 1 amide bonds. The van der Waals surface area contributed by atoms with Gasteiger partial charge in [0.2, 0.25) is 5.91 Å². The topological polar surface area (TPSA) is 75.2 Å². The van der Waals surface area contributed by atoms with Crippen LogP contribution in [-0.4, -0.2) is 40.8 Å². The maximum absolute atomic E-state index is 13.0. The normalized spacial score (nSPS) is 15.1. The summed E-state index contributed by atoms with van der Waals surface area (Å²) in [5.41, 5.74) is -0.375. The van der Waals surface area contributed by atoms with E-state index >= 15 is 0 Å². The highest BCUT2D eigenvalue weighted by Gasteiger charge is 2.34. The van der Waals surface area contributed by atoms with Gasteiger partial charge in [-0.05, 0) is 19.8 Å². The van der Waals surface area contributed by atoms with Gasteiger partial charge in [0.25, 0.3) is 0 Å². The van der Waals surface area contributed by atoms with Gasteiger partial charge in [0.05, 0.1) is 0 Å². The number of amides is 1. The lowest BCUT2D eigenvalue weighted by atomic mass is 10.0. The van der Waals surface area contributed by atoms with E-state index < -0.39 is 11.9 Å². The van der Waals surface area contributed by atoms with E-state index in [1.807, 2.05) is 6.07 Å². The second-order valence-electron chi connectivity index (χ2n) is 7.27. The highest BCUT2D eigenvalue weighted by atomic mass is 19.4. The molecule has 0 atom stereocenters. The van der Waals surface area contributed by atoms with Crippen molar-refractivity contribution in [3.63, 3.8) is 0 Å². The second kappa shape index (κ2) is 9.23. The number of nitrogens with one attached hydrogen (secondary N) is 1. The van der Waals surface area contributed by atoms with E-state index in [2.05, 4.69) is 15.3 Å². The van der Waals surface area contributed by atoms with Crippen LogP contribution in [0.3, 0.4) is 0 Å². The Morgan fingerprint density at radius 3 is 2.40 bits per heavy atom. The fourth-order valence-electron chi connectivity index (χ4n) is 3.41. The Balaban J connectivity index is 1.48. The minimum Gasteiger partial charge on any atom is -0.356 e. The van der Waals surface area contributed by atoms with Crippen LogP contribution in [0.2, 0.25) is 0 Å². The van der Waals surface area contributed by atoms with Crippen molar-refractivity contribution in [1.29, 1.82) is 0 Å². The number of alkyl halides is 3. The predicted molar refractivity (Wildman–Crippen MR) is 105 cm³/mol. The maximum atomic E-state index is 13.0. The Bertz CT molecular complexity index is 895. The van der Waals surface area contributed by atoms with Crippen LogP contribution in [0.5, 0.6) is 0 Å². The molecule has 1 aromatic heterocycles. The van der Waals surface area contributed by atoms with Crippen LogP contribution in [0.4, 0.5) is 19.0 Å². The number of nitrogens with zero attached hydrogens (tertiary/aromatic N) is 3. The Morgan fingerprint density at radius 2 is 1.77 bits per heavy atom. The van der Waals surface area contributed by atoms with E-state index in [9.17, 15) is 22.8 Å². The quantitative estimate of drug-likeness (QED) is 0.724. The molecule has 0 saturated carbocycles. The minimum atomic E-state index is -4.52. The Morgan fingerprint density at radius 1 is 1.10 bits per heavy atom. The van der Waals surface area contributed by atoms with Crippen molar-refractivity contribution in [2.45, 2.75) is 44.8 Å². The molecule has 0 unspecified atom stereocenters. The first-order chi connectivity index (χ1) is 14.2. The van der Waals surface area contributed by atoms with Crippen LogP contribution in [0.15, 0.2) is 36.4 Å². The molecule has 160 valence electrons. The molecular formula is C21H23F3N4O2. The molecule has 1 aromatic carbocycles. The van der Waals surface area contributed by atoms with E-state index in [0.29, 0.717) is 31.5 Å². The van der Waals surface area contributed by atoms with Gasteiger partial charge < -0.3 is 10.2 Å². The van der Waals surface area contributed by atoms with E-state index in [1.54, 1.807) is 29.2 Å². The average Bonchev–Trinajstić information content (AvgIpc) is 2.72. The molecule has 1 aliphatic heterocycles. The molecule has 1 saturated heterocycles. The molecule has 0 bridgehead atoms. The first kappa shape index (κ1) is 21.7. The monoisotopic (exact) mass is 420 g/mol. The summed E-state index contributed by atoms with van der Waals surface area (Å²) in [6.45, 7) is 2.38. The summed E-state index contributed by atoms with van der Waals surface area (Å²) in [6.07, 6.45) is -3.11. The molecular weight excluding hydrogens is 397 g/mol. The molecule has 30 heavy (non-hydrogen) atoms. The van der Waals surface area contributed by atoms with Gasteiger partial charge in [-0.15, -0.1) is 0 Å². The molecule has 1 fully saturated rings. The number of aryl methyl sites for hydroxylation is 1. The van der Waals surface area contributed by atoms with E-state index in [4.69, 9.17) is 0 Å². The summed E-state index contributed by atoms with van der Waals surface area (Å²) in [5.74, 6) is 0.0292. The van der Waals surface area contributed by atoms with Gasteiger partial charge in [0.15, 0.2) is 5.78 Å². The number of halogens is 3. The van der Waals surface area contributed by atoms with Crippen molar-refractivity contribution in [3.05, 3.63) is 53.5 Å². The summed E-state index contributed by atoms with van der Waals surface area (Å²) in [5, 5.41) is 2.91. The van der Waals surface area contributed by atoms with Gasteiger partial charge in [-0.2, -0.15) is 13.2 Å². The molecule has 1 aliphatic rings. The van der Waals surface area contributed by atoms with E-state index in [1.165, 1.54) is 6.92 Å². The van der Waals surface area contributed by atoms with Gasteiger partial charge in [-0.25, -0.2) is 9.97 Å². The lowest BCUT2D eigenvalue weighted by Gasteiger charge is -2.33. The fourth-order valence-corrected chi connectivity index (χ4v) is 3.41. The van der Waals surface area contributed by atoms with Crippen LogP contribution in [0.1, 0.15) is 47.6 Å². The lowest BCUT2D eigenvalue weighted by molar-refractivity contribution is -0.141. The number of ketones is 1. The maximum Gasteiger partial charge on any atom is 0.433 e. The van der Waals surface area contributed by atoms with Crippen molar-refractivity contribution < 1.29 is 22.8 Å². The standard InChI is InChI=1S/C21H23F3N4O2/c1-14-25-18(21(22,23)24)13-19(26-14)28-11-9-16(10-12-28)27-20(30)8-7-17(29)15-5-3-2-4-6-15/h2-6,13,16H,7-12H2,1H3,(H,27,30). The van der Waals surface area contributed by atoms with Crippen LogP contribution in [0, 0.1) is 6.92 Å². The summed E-state index contributed by atoms with van der Waals surface area (Å²) in [7, 11) is 0. The number of carbonyl (C=O) groups is 2. The van der Waals surface area contributed by atoms with Gasteiger partial charge in [-0.1, -0.05) is 30.3 Å². The largest absolute Gasteiger partial charge is 0.433 e. The van der Waals surface area contributed by atoms with Crippen LogP contribution in [-0.2, 0) is 11.0 Å². The summed E-state index contributed by atoms with van der Waals surface area (Å²) >= 11 is 0. The summed E-state index contributed by atoms with van der Waals surface area (Å²) in [4.78, 5) is 33.6. The average molecular weight is 420 g/mol. The van der Waals surface area contributed by atoms with Gasteiger partial charge in [0, 0.05) is 43.6 Å². The van der Waals surface area contributed by atoms with Crippen molar-refractivity contribution in [3.8, 4) is 0 Å². The molecule has 2 heterocycles. The molecule has 2 aromatic rings. The van der Waals surface area contributed by atoms with E-state index in [0.717, 1.165) is 6.07 Å².